The van der Waals surface area contributed by atoms with Crippen molar-refractivity contribution in [2.24, 2.45) is 5.41 Å². The molecule has 0 bridgehead atoms. The first-order valence-electron chi connectivity index (χ1n) is 8.20. The second-order valence-corrected chi connectivity index (χ2v) is 6.35. The summed E-state index contributed by atoms with van der Waals surface area (Å²) >= 11 is 0. The number of carbonyl (C=O) groups excluding carboxylic acids is 1. The molecule has 1 atom stereocenters. The number of nitrogens with one attached hydrogen (secondary N) is 1. The molecule has 1 N–H and O–H groups in total. The normalized spacial score (nSPS) is 23.1. The zero-order valence-corrected chi connectivity index (χ0v) is 13.9. The average Bonchev–Trinajstić information content (AvgIpc) is 2.44. The van der Waals surface area contributed by atoms with Gasteiger partial charge < -0.3 is 15.1 Å². The molecule has 1 saturated heterocycles. The van der Waals surface area contributed by atoms with Crippen LogP contribution in [0.2, 0.25) is 0 Å². The molecule has 0 saturated carbocycles. The largest absolute Gasteiger partial charge is 0.342 e. The molecule has 4 heteroatoms. The highest BCUT2D eigenvalue weighted by molar-refractivity contribution is 5.83. The van der Waals surface area contributed by atoms with Crippen LogP contribution in [0.4, 0.5) is 0 Å². The van der Waals surface area contributed by atoms with Gasteiger partial charge in [0.1, 0.15) is 0 Å². The lowest BCUT2D eigenvalue weighted by Gasteiger charge is -2.40. The SMILES string of the molecule is CCCC1(C(=O)N(CC)CCCN(C)C)CCCNC1. The number of nitrogens with zero attached hydrogens (tertiary/aromatic N) is 2. The van der Waals surface area contributed by atoms with Gasteiger partial charge in [0.2, 0.25) is 5.91 Å². The highest BCUT2D eigenvalue weighted by Gasteiger charge is 2.40. The monoisotopic (exact) mass is 283 g/mol. The van der Waals surface area contributed by atoms with Crippen LogP contribution in [0, 0.1) is 5.41 Å². The molecular formula is C16H33N3O. The Morgan fingerprint density at radius 1 is 1.25 bits per heavy atom. The van der Waals surface area contributed by atoms with E-state index >= 15 is 0 Å². The lowest BCUT2D eigenvalue weighted by atomic mass is 9.75. The molecule has 0 aliphatic carbocycles. The van der Waals surface area contributed by atoms with Gasteiger partial charge in [-0.3, -0.25) is 4.79 Å². The minimum absolute atomic E-state index is 0.138. The Hall–Kier alpha value is -0.610. The van der Waals surface area contributed by atoms with Crippen molar-refractivity contribution in [2.75, 3.05) is 46.8 Å². The maximum absolute atomic E-state index is 13.0. The van der Waals surface area contributed by atoms with Crippen LogP contribution in [0.5, 0.6) is 0 Å². The third-order valence-corrected chi connectivity index (χ3v) is 4.36. The molecule has 20 heavy (non-hydrogen) atoms. The molecular weight excluding hydrogens is 250 g/mol. The minimum atomic E-state index is -0.138. The Morgan fingerprint density at radius 3 is 2.50 bits per heavy atom. The van der Waals surface area contributed by atoms with Crippen LogP contribution in [0.25, 0.3) is 0 Å². The van der Waals surface area contributed by atoms with E-state index in [1.807, 2.05) is 0 Å². The molecule has 0 aromatic rings. The molecule has 1 amide bonds. The standard InChI is InChI=1S/C16H33N3O/c1-5-9-16(10-7-11-17-14-16)15(20)19(6-2)13-8-12-18(3)4/h17H,5-14H2,1-4H3. The summed E-state index contributed by atoms with van der Waals surface area (Å²) in [7, 11) is 4.17. The van der Waals surface area contributed by atoms with Gasteiger partial charge in [-0.2, -0.15) is 0 Å². The molecule has 4 nitrogen and oxygen atoms in total. The van der Waals surface area contributed by atoms with Gasteiger partial charge in [0.25, 0.3) is 0 Å². The number of piperidine rings is 1. The zero-order chi connectivity index (χ0) is 15.0. The first-order chi connectivity index (χ1) is 9.55. The summed E-state index contributed by atoms with van der Waals surface area (Å²) in [4.78, 5) is 17.2. The Morgan fingerprint density at radius 2 is 2.00 bits per heavy atom. The van der Waals surface area contributed by atoms with Crippen LogP contribution in [0.3, 0.4) is 0 Å². The Kier molecular flexibility index (Phi) is 7.52. The van der Waals surface area contributed by atoms with Gasteiger partial charge in [-0.05, 0) is 59.8 Å². The summed E-state index contributed by atoms with van der Waals surface area (Å²) in [5, 5.41) is 3.44. The highest BCUT2D eigenvalue weighted by atomic mass is 16.2. The van der Waals surface area contributed by atoms with Crippen molar-refractivity contribution in [1.29, 1.82) is 0 Å². The first kappa shape index (κ1) is 17.4. The van der Waals surface area contributed by atoms with Gasteiger partial charge >= 0.3 is 0 Å². The van der Waals surface area contributed by atoms with Crippen LogP contribution in [0.1, 0.15) is 46.0 Å². The predicted molar refractivity (Wildman–Crippen MR) is 84.9 cm³/mol. The van der Waals surface area contributed by atoms with Crippen molar-refractivity contribution in [3.05, 3.63) is 0 Å². The van der Waals surface area contributed by atoms with Crippen LogP contribution >= 0.6 is 0 Å². The molecule has 1 fully saturated rings. The summed E-state index contributed by atoms with van der Waals surface area (Å²) in [6, 6.07) is 0. The van der Waals surface area contributed by atoms with Gasteiger partial charge in [0, 0.05) is 19.6 Å². The van der Waals surface area contributed by atoms with Crippen molar-refractivity contribution in [3.8, 4) is 0 Å². The van der Waals surface area contributed by atoms with E-state index in [0.717, 1.165) is 64.8 Å². The summed E-state index contributed by atoms with van der Waals surface area (Å²) in [5.74, 6) is 0.382. The fraction of sp³-hybridized carbons (Fsp3) is 0.938. The van der Waals surface area contributed by atoms with E-state index in [0.29, 0.717) is 5.91 Å². The molecule has 1 aliphatic heterocycles. The highest BCUT2D eigenvalue weighted by Crippen LogP contribution is 2.33. The van der Waals surface area contributed by atoms with Crippen molar-refractivity contribution < 1.29 is 4.79 Å². The lowest BCUT2D eigenvalue weighted by molar-refractivity contribution is -0.143. The topological polar surface area (TPSA) is 35.6 Å². The van der Waals surface area contributed by atoms with Crippen molar-refractivity contribution >= 4 is 5.91 Å². The second-order valence-electron chi connectivity index (χ2n) is 6.35. The maximum Gasteiger partial charge on any atom is 0.230 e. The molecule has 0 aromatic carbocycles. The molecule has 1 heterocycles. The summed E-state index contributed by atoms with van der Waals surface area (Å²) in [6.45, 7) is 8.98. The van der Waals surface area contributed by atoms with Gasteiger partial charge in [-0.25, -0.2) is 0 Å². The molecule has 1 aliphatic rings. The number of amides is 1. The Bertz CT molecular complexity index is 280. The average molecular weight is 283 g/mol. The van der Waals surface area contributed by atoms with Gasteiger partial charge in [0.05, 0.1) is 5.41 Å². The summed E-state index contributed by atoms with van der Waals surface area (Å²) in [5.41, 5.74) is -0.138. The van der Waals surface area contributed by atoms with E-state index in [4.69, 9.17) is 0 Å². The first-order valence-corrected chi connectivity index (χ1v) is 8.20. The van der Waals surface area contributed by atoms with E-state index in [-0.39, 0.29) is 5.41 Å². The lowest BCUT2D eigenvalue weighted by Crippen LogP contribution is -2.52. The van der Waals surface area contributed by atoms with Crippen molar-refractivity contribution in [1.82, 2.24) is 15.1 Å². The van der Waals surface area contributed by atoms with Gasteiger partial charge in [-0.15, -0.1) is 0 Å². The number of rotatable bonds is 8. The van der Waals surface area contributed by atoms with Crippen LogP contribution in [-0.2, 0) is 4.79 Å². The third-order valence-electron chi connectivity index (χ3n) is 4.36. The fourth-order valence-electron chi connectivity index (χ4n) is 3.27. The molecule has 1 rings (SSSR count). The quantitative estimate of drug-likeness (QED) is 0.739. The van der Waals surface area contributed by atoms with Crippen LogP contribution in [-0.4, -0.2) is 62.5 Å². The number of hydrogen-bond donors (Lipinski definition) is 1. The van der Waals surface area contributed by atoms with E-state index in [9.17, 15) is 4.79 Å². The fourth-order valence-corrected chi connectivity index (χ4v) is 3.27. The van der Waals surface area contributed by atoms with E-state index in [1.165, 1.54) is 0 Å². The maximum atomic E-state index is 13.0. The second kappa shape index (κ2) is 8.63. The number of hydrogen-bond acceptors (Lipinski definition) is 3. The van der Waals surface area contributed by atoms with E-state index in [1.54, 1.807) is 0 Å². The van der Waals surface area contributed by atoms with Gasteiger partial charge in [0.15, 0.2) is 0 Å². The molecule has 0 aromatic heterocycles. The van der Waals surface area contributed by atoms with E-state index in [2.05, 4.69) is 43.1 Å². The predicted octanol–water partition coefficient (Wildman–Crippen LogP) is 1.96. The Labute approximate surface area is 124 Å². The third kappa shape index (κ3) is 4.74. The summed E-state index contributed by atoms with van der Waals surface area (Å²) < 4.78 is 0. The van der Waals surface area contributed by atoms with Crippen molar-refractivity contribution in [2.45, 2.75) is 46.0 Å². The van der Waals surface area contributed by atoms with E-state index < -0.39 is 0 Å². The Balaban J connectivity index is 2.65. The smallest absolute Gasteiger partial charge is 0.230 e. The van der Waals surface area contributed by atoms with Gasteiger partial charge in [-0.1, -0.05) is 13.3 Å². The molecule has 1 unspecified atom stereocenters. The molecule has 118 valence electrons. The zero-order valence-electron chi connectivity index (χ0n) is 13.9. The van der Waals surface area contributed by atoms with Crippen molar-refractivity contribution in [3.63, 3.8) is 0 Å². The van der Waals surface area contributed by atoms with Crippen LogP contribution in [0.15, 0.2) is 0 Å². The number of carbonyl (C=O) groups is 1. The summed E-state index contributed by atoms with van der Waals surface area (Å²) in [6.07, 6.45) is 5.34. The molecule has 0 spiro atoms. The minimum Gasteiger partial charge on any atom is -0.342 e. The van der Waals surface area contributed by atoms with Crippen LogP contribution < -0.4 is 5.32 Å². The molecule has 0 radical (unpaired) electrons.